The van der Waals surface area contributed by atoms with Crippen LogP contribution >= 0.6 is 0 Å². The van der Waals surface area contributed by atoms with E-state index in [4.69, 9.17) is 5.73 Å². The molecule has 1 aliphatic carbocycles. The summed E-state index contributed by atoms with van der Waals surface area (Å²) in [6.45, 7) is 0.559. The number of carbonyl (C=O) groups excluding carboxylic acids is 1. The minimum absolute atomic E-state index is 0.00226. The van der Waals surface area contributed by atoms with Gasteiger partial charge in [-0.1, -0.05) is 6.42 Å². The van der Waals surface area contributed by atoms with E-state index in [-0.39, 0.29) is 34.4 Å². The number of nitrogens with zero attached hydrogens (tertiary/aromatic N) is 3. The summed E-state index contributed by atoms with van der Waals surface area (Å²) in [5, 5.41) is 5.98. The van der Waals surface area contributed by atoms with E-state index in [1.807, 2.05) is 0 Å². The zero-order valence-electron chi connectivity index (χ0n) is 14.1. The number of hydrogen-bond donors (Lipinski definition) is 2. The quantitative estimate of drug-likeness (QED) is 0.851. The van der Waals surface area contributed by atoms with Gasteiger partial charge in [-0.25, -0.2) is 4.98 Å². The molecule has 0 radical (unpaired) electrons. The number of nitrogens with two attached hydrogens (primary N) is 1. The zero-order chi connectivity index (χ0) is 18.5. The highest BCUT2D eigenvalue weighted by atomic mass is 19.4. The van der Waals surface area contributed by atoms with Crippen LogP contribution in [0.5, 0.6) is 0 Å². The minimum Gasteiger partial charge on any atom is -0.383 e. The Balaban J connectivity index is 1.77. The van der Waals surface area contributed by atoms with Crippen LogP contribution in [0.15, 0.2) is 6.07 Å². The van der Waals surface area contributed by atoms with Crippen molar-refractivity contribution in [2.45, 2.75) is 50.7 Å². The van der Waals surface area contributed by atoms with Gasteiger partial charge in [0.25, 0.3) is 0 Å². The number of aromatic amines is 1. The lowest BCUT2D eigenvalue weighted by molar-refractivity contribution is -0.142. The molecule has 2 aliphatic rings. The number of amides is 1. The van der Waals surface area contributed by atoms with Crippen LogP contribution < -0.4 is 5.73 Å². The Hall–Kier alpha value is -2.32. The van der Waals surface area contributed by atoms with Gasteiger partial charge in [-0.3, -0.25) is 9.89 Å². The predicted molar refractivity (Wildman–Crippen MR) is 88.9 cm³/mol. The summed E-state index contributed by atoms with van der Waals surface area (Å²) in [6, 6.07) is 0.589. The maximum Gasteiger partial charge on any atom is 0.417 e. The van der Waals surface area contributed by atoms with Gasteiger partial charge < -0.3 is 10.6 Å². The first-order valence-electron chi connectivity index (χ1n) is 8.88. The Morgan fingerprint density at radius 1 is 1.23 bits per heavy atom. The van der Waals surface area contributed by atoms with Crippen molar-refractivity contribution in [1.29, 1.82) is 0 Å². The largest absolute Gasteiger partial charge is 0.417 e. The molecular weight excluding hydrogens is 347 g/mol. The Morgan fingerprint density at radius 3 is 2.65 bits per heavy atom. The first kappa shape index (κ1) is 17.1. The van der Waals surface area contributed by atoms with E-state index in [1.54, 1.807) is 4.90 Å². The molecule has 140 valence electrons. The van der Waals surface area contributed by atoms with E-state index in [1.165, 1.54) is 0 Å². The molecule has 2 fully saturated rings. The van der Waals surface area contributed by atoms with Crippen LogP contribution in [-0.2, 0) is 11.0 Å². The first-order valence-corrected chi connectivity index (χ1v) is 8.88. The molecule has 0 spiro atoms. The molecule has 2 aromatic rings. The predicted octanol–water partition coefficient (Wildman–Crippen LogP) is 3.41. The van der Waals surface area contributed by atoms with Gasteiger partial charge in [0.1, 0.15) is 5.82 Å². The molecule has 0 unspecified atom stereocenters. The summed E-state index contributed by atoms with van der Waals surface area (Å²) in [6.07, 6.45) is 0.488. The maximum atomic E-state index is 13.6. The highest BCUT2D eigenvalue weighted by molar-refractivity contribution is 5.90. The summed E-state index contributed by atoms with van der Waals surface area (Å²) < 4.78 is 40.7. The molecule has 9 heteroatoms. The number of carbonyl (C=O) groups is 1. The van der Waals surface area contributed by atoms with E-state index in [2.05, 4.69) is 15.2 Å². The Labute approximate surface area is 147 Å². The molecule has 1 saturated carbocycles. The number of nitrogens with one attached hydrogen (secondary N) is 1. The van der Waals surface area contributed by atoms with Crippen LogP contribution in [0.25, 0.3) is 11.0 Å². The third kappa shape index (κ3) is 2.79. The van der Waals surface area contributed by atoms with Crippen LogP contribution in [0.2, 0.25) is 0 Å². The van der Waals surface area contributed by atoms with Crippen molar-refractivity contribution < 1.29 is 18.0 Å². The van der Waals surface area contributed by atoms with Gasteiger partial charge in [0.05, 0.1) is 22.7 Å². The Kier molecular flexibility index (Phi) is 4.04. The van der Waals surface area contributed by atoms with E-state index < -0.39 is 17.8 Å². The molecule has 0 bridgehead atoms. The molecule has 1 atom stereocenters. The second-order valence-corrected chi connectivity index (χ2v) is 7.10. The zero-order valence-corrected chi connectivity index (χ0v) is 14.1. The van der Waals surface area contributed by atoms with Crippen molar-refractivity contribution in [2.75, 3.05) is 12.3 Å². The molecule has 4 rings (SSSR count). The topological polar surface area (TPSA) is 87.9 Å². The number of H-pyrrole nitrogens is 1. The summed E-state index contributed by atoms with van der Waals surface area (Å²) >= 11 is 0. The molecule has 1 amide bonds. The number of alkyl halides is 3. The van der Waals surface area contributed by atoms with E-state index in [9.17, 15) is 18.0 Å². The van der Waals surface area contributed by atoms with Gasteiger partial charge in [0, 0.05) is 12.5 Å². The number of fused-ring (bicyclic) bond motifs is 1. The number of anilines is 1. The third-order valence-electron chi connectivity index (χ3n) is 5.46. The second kappa shape index (κ2) is 6.14. The van der Waals surface area contributed by atoms with Crippen molar-refractivity contribution in [3.05, 3.63) is 17.3 Å². The first-order chi connectivity index (χ1) is 12.4. The molecule has 0 aromatic carbocycles. The summed E-state index contributed by atoms with van der Waals surface area (Å²) in [5.74, 6) is -0.113. The van der Waals surface area contributed by atoms with Gasteiger partial charge in [-0.2, -0.15) is 18.3 Å². The number of rotatable bonds is 2. The van der Waals surface area contributed by atoms with Crippen molar-refractivity contribution in [3.63, 3.8) is 0 Å². The number of piperidine rings is 1. The van der Waals surface area contributed by atoms with Crippen LogP contribution in [-0.4, -0.2) is 32.5 Å². The highest BCUT2D eigenvalue weighted by Crippen LogP contribution is 2.40. The molecule has 3 N–H and O–H groups in total. The highest BCUT2D eigenvalue weighted by Gasteiger charge is 2.39. The van der Waals surface area contributed by atoms with E-state index in [0.29, 0.717) is 13.0 Å². The molecule has 3 heterocycles. The molecule has 2 aromatic heterocycles. The van der Waals surface area contributed by atoms with Gasteiger partial charge in [0.15, 0.2) is 5.65 Å². The normalized spacial score (nSPS) is 21.8. The lowest BCUT2D eigenvalue weighted by Gasteiger charge is -2.39. The molecule has 6 nitrogen and oxygen atoms in total. The molecule has 1 aliphatic heterocycles. The van der Waals surface area contributed by atoms with Crippen LogP contribution in [0.4, 0.5) is 19.0 Å². The van der Waals surface area contributed by atoms with Crippen molar-refractivity contribution >= 4 is 22.8 Å². The number of hydrogen-bond acceptors (Lipinski definition) is 4. The lowest BCUT2D eigenvalue weighted by Crippen LogP contribution is -2.44. The van der Waals surface area contributed by atoms with Crippen molar-refractivity contribution in [3.8, 4) is 0 Å². The van der Waals surface area contributed by atoms with Gasteiger partial charge in [-0.05, 0) is 38.2 Å². The number of halogens is 3. The van der Waals surface area contributed by atoms with E-state index in [0.717, 1.165) is 38.2 Å². The molecule has 26 heavy (non-hydrogen) atoms. The third-order valence-corrected chi connectivity index (χ3v) is 5.46. The van der Waals surface area contributed by atoms with Crippen LogP contribution in [0, 0.1) is 5.92 Å². The summed E-state index contributed by atoms with van der Waals surface area (Å²) in [5.41, 5.74) is 4.94. The maximum absolute atomic E-state index is 13.6. The second-order valence-electron chi connectivity index (χ2n) is 7.10. The number of likely N-dealkylation sites (tertiary alicyclic amines) is 1. The van der Waals surface area contributed by atoms with Crippen molar-refractivity contribution in [2.24, 2.45) is 5.92 Å². The lowest BCUT2D eigenvalue weighted by atomic mass is 9.83. The average Bonchev–Trinajstić information content (AvgIpc) is 2.93. The fraction of sp³-hybridized carbons (Fsp3) is 0.588. The average molecular weight is 367 g/mol. The number of pyridine rings is 1. The van der Waals surface area contributed by atoms with Gasteiger partial charge in [-0.15, -0.1) is 0 Å². The molecular formula is C17H20F3N5O. The standard InChI is InChI=1S/C17H20F3N5O/c18-17(19,20)10-8-11(22-15-13(10)14(21)23-24-15)12-6-1-2-7-25(12)16(26)9-4-3-5-9/h8-9,12H,1-7H2,(H3,21,22,23,24)/t12-/m1/s1. The monoisotopic (exact) mass is 367 g/mol. The fourth-order valence-electron chi connectivity index (χ4n) is 3.85. The Morgan fingerprint density at radius 2 is 2.00 bits per heavy atom. The number of nitrogen functional groups attached to an aromatic ring is 1. The SMILES string of the molecule is Nc1[nH]nc2nc([C@H]3CCCCN3C(=O)C3CCC3)cc(C(F)(F)F)c12. The molecule has 1 saturated heterocycles. The van der Waals surface area contributed by atoms with E-state index >= 15 is 0 Å². The van der Waals surface area contributed by atoms with Crippen LogP contribution in [0.3, 0.4) is 0 Å². The summed E-state index contributed by atoms with van der Waals surface area (Å²) in [4.78, 5) is 18.8. The fourth-order valence-corrected chi connectivity index (χ4v) is 3.85. The smallest absolute Gasteiger partial charge is 0.383 e. The van der Waals surface area contributed by atoms with Crippen molar-refractivity contribution in [1.82, 2.24) is 20.1 Å². The van der Waals surface area contributed by atoms with Gasteiger partial charge >= 0.3 is 6.18 Å². The van der Waals surface area contributed by atoms with Crippen LogP contribution in [0.1, 0.15) is 55.8 Å². The minimum atomic E-state index is -4.58. The van der Waals surface area contributed by atoms with Gasteiger partial charge in [0.2, 0.25) is 5.91 Å². The Bertz CT molecular complexity index is 843. The number of aromatic nitrogens is 3. The summed E-state index contributed by atoms with van der Waals surface area (Å²) in [7, 11) is 0.